The average Bonchev–Trinajstić information content (AvgIpc) is 3.10. The number of ether oxygens (including phenoxy) is 1. The van der Waals surface area contributed by atoms with Crippen molar-refractivity contribution >= 4 is 23.3 Å². The highest BCUT2D eigenvalue weighted by Crippen LogP contribution is 2.34. The minimum atomic E-state index is -4.61. The Hall–Kier alpha value is -4.21. The van der Waals surface area contributed by atoms with E-state index < -0.39 is 23.5 Å². The molecule has 0 aliphatic carbocycles. The van der Waals surface area contributed by atoms with Crippen LogP contribution >= 0.6 is 0 Å². The summed E-state index contributed by atoms with van der Waals surface area (Å²) in [5.74, 6) is 0.393. The summed E-state index contributed by atoms with van der Waals surface area (Å²) < 4.78 is 44.2. The van der Waals surface area contributed by atoms with Crippen LogP contribution in [0.4, 0.5) is 29.3 Å². The summed E-state index contributed by atoms with van der Waals surface area (Å²) in [6.07, 6.45) is -4.61. The number of nitrogens with one attached hydrogen (secondary N) is 3. The number of aromatic hydroxyl groups is 1. The van der Waals surface area contributed by atoms with Crippen LogP contribution in [0.3, 0.4) is 0 Å². The van der Waals surface area contributed by atoms with Gasteiger partial charge in [-0.05, 0) is 66.2 Å². The lowest BCUT2D eigenvalue weighted by Crippen LogP contribution is -2.20. The van der Waals surface area contributed by atoms with Crippen molar-refractivity contribution in [3.05, 3.63) is 77.4 Å². The number of anilines is 2. The first-order chi connectivity index (χ1) is 15.2. The van der Waals surface area contributed by atoms with E-state index in [2.05, 4.69) is 16.0 Å². The molecule has 0 aromatic heterocycles. The average molecular weight is 443 g/mol. The number of fused-ring (bicyclic) bond motifs is 1. The van der Waals surface area contributed by atoms with Crippen molar-refractivity contribution in [1.29, 1.82) is 0 Å². The summed E-state index contributed by atoms with van der Waals surface area (Å²) in [4.78, 5) is 23.7. The molecule has 1 heterocycles. The van der Waals surface area contributed by atoms with Crippen LogP contribution in [0.1, 0.15) is 21.5 Å². The number of rotatable bonds is 4. The van der Waals surface area contributed by atoms with Gasteiger partial charge in [0.15, 0.2) is 0 Å². The number of urea groups is 1. The highest BCUT2D eigenvalue weighted by Gasteiger charge is 2.31. The van der Waals surface area contributed by atoms with Crippen LogP contribution in [-0.2, 0) is 12.7 Å². The summed E-state index contributed by atoms with van der Waals surface area (Å²) in [6, 6.07) is 12.8. The van der Waals surface area contributed by atoms with Crippen LogP contribution < -0.4 is 20.7 Å². The van der Waals surface area contributed by atoms with E-state index >= 15 is 0 Å². The van der Waals surface area contributed by atoms with Crippen molar-refractivity contribution in [3.8, 4) is 17.2 Å². The molecule has 0 saturated heterocycles. The lowest BCUT2D eigenvalue weighted by Gasteiger charge is -2.12. The molecule has 0 saturated carbocycles. The molecule has 4 N–H and O–H groups in total. The van der Waals surface area contributed by atoms with Gasteiger partial charge in [0.1, 0.15) is 17.2 Å². The summed E-state index contributed by atoms with van der Waals surface area (Å²) in [7, 11) is 0. The molecular formula is C22H16F3N3O4. The normalized spacial score (nSPS) is 12.7. The van der Waals surface area contributed by atoms with Gasteiger partial charge in [0, 0.05) is 17.8 Å². The maximum absolute atomic E-state index is 12.8. The van der Waals surface area contributed by atoms with Crippen LogP contribution in [0.15, 0.2) is 60.7 Å². The first kappa shape index (κ1) is 21.0. The molecule has 10 heteroatoms. The lowest BCUT2D eigenvalue weighted by atomic mass is 10.1. The van der Waals surface area contributed by atoms with Gasteiger partial charge < -0.3 is 25.8 Å². The molecule has 1 aliphatic rings. The molecule has 0 bridgehead atoms. The van der Waals surface area contributed by atoms with Gasteiger partial charge in [-0.3, -0.25) is 4.79 Å². The molecule has 3 aromatic carbocycles. The third kappa shape index (κ3) is 4.59. The van der Waals surface area contributed by atoms with Crippen molar-refractivity contribution < 1.29 is 32.6 Å². The van der Waals surface area contributed by atoms with Gasteiger partial charge in [-0.2, -0.15) is 13.2 Å². The molecule has 164 valence electrons. The van der Waals surface area contributed by atoms with E-state index in [0.29, 0.717) is 41.4 Å². The van der Waals surface area contributed by atoms with E-state index in [1.165, 1.54) is 0 Å². The van der Waals surface area contributed by atoms with Crippen LogP contribution in [-0.4, -0.2) is 17.0 Å². The van der Waals surface area contributed by atoms with Gasteiger partial charge in [0.25, 0.3) is 5.91 Å². The summed E-state index contributed by atoms with van der Waals surface area (Å²) in [5, 5.41) is 17.1. The largest absolute Gasteiger partial charge is 0.506 e. The molecule has 0 spiro atoms. The van der Waals surface area contributed by atoms with Gasteiger partial charge in [0.05, 0.1) is 11.3 Å². The number of halogens is 3. The number of hydrogen-bond acceptors (Lipinski definition) is 4. The van der Waals surface area contributed by atoms with E-state index in [0.717, 1.165) is 11.6 Å². The molecule has 0 unspecified atom stereocenters. The molecule has 1 aliphatic heterocycles. The standard InChI is InChI=1S/C22H16F3N3O4/c23-22(24,25)13-1-8-19(29)18(10-13)28-21(31)27-14-2-4-15(5-3-14)32-16-6-7-17-12(9-16)11-26-20(17)30/h1-10,29H,11H2,(H,26,30)(H2,27,28,31). The summed E-state index contributed by atoms with van der Waals surface area (Å²) in [5.41, 5.74) is 0.417. The Morgan fingerprint density at radius 1 is 0.969 bits per heavy atom. The number of phenolic OH excluding ortho intramolecular Hbond substituents is 1. The molecule has 7 nitrogen and oxygen atoms in total. The number of carbonyl (C=O) groups excluding carboxylic acids is 2. The number of benzene rings is 3. The fourth-order valence-electron chi connectivity index (χ4n) is 3.11. The summed E-state index contributed by atoms with van der Waals surface area (Å²) >= 11 is 0. The molecule has 0 fully saturated rings. The topological polar surface area (TPSA) is 99.7 Å². The maximum atomic E-state index is 12.8. The van der Waals surface area contributed by atoms with Crippen LogP contribution in [0.25, 0.3) is 0 Å². The molecule has 3 aromatic rings. The van der Waals surface area contributed by atoms with E-state index in [4.69, 9.17) is 4.74 Å². The Balaban J connectivity index is 1.39. The van der Waals surface area contributed by atoms with Gasteiger partial charge in [0.2, 0.25) is 0 Å². The van der Waals surface area contributed by atoms with Crippen LogP contribution in [0.2, 0.25) is 0 Å². The number of phenols is 1. The number of hydrogen-bond donors (Lipinski definition) is 4. The Labute approximate surface area is 179 Å². The first-order valence-electron chi connectivity index (χ1n) is 9.36. The fourth-order valence-corrected chi connectivity index (χ4v) is 3.11. The van der Waals surface area contributed by atoms with Crippen molar-refractivity contribution in [1.82, 2.24) is 5.32 Å². The first-order valence-corrected chi connectivity index (χ1v) is 9.36. The Bertz CT molecular complexity index is 1190. The smallest absolute Gasteiger partial charge is 0.416 e. The van der Waals surface area contributed by atoms with Gasteiger partial charge in [-0.1, -0.05) is 0 Å². The third-order valence-electron chi connectivity index (χ3n) is 4.68. The zero-order chi connectivity index (χ0) is 22.9. The van der Waals surface area contributed by atoms with E-state index in [1.807, 2.05) is 0 Å². The van der Waals surface area contributed by atoms with Gasteiger partial charge in [-0.25, -0.2) is 4.79 Å². The second-order valence-electron chi connectivity index (χ2n) is 6.94. The van der Waals surface area contributed by atoms with Crippen LogP contribution in [0, 0.1) is 0 Å². The molecular weight excluding hydrogens is 427 g/mol. The predicted octanol–water partition coefficient (Wildman–Crippen LogP) is 5.09. The van der Waals surface area contributed by atoms with E-state index in [-0.39, 0.29) is 11.6 Å². The Kier molecular flexibility index (Phi) is 5.35. The lowest BCUT2D eigenvalue weighted by molar-refractivity contribution is -0.137. The molecule has 0 atom stereocenters. The maximum Gasteiger partial charge on any atom is 0.416 e. The van der Waals surface area contributed by atoms with Crippen molar-refractivity contribution in [3.63, 3.8) is 0 Å². The quantitative estimate of drug-likeness (QED) is 0.422. The van der Waals surface area contributed by atoms with E-state index in [1.54, 1.807) is 42.5 Å². The van der Waals surface area contributed by atoms with Crippen LogP contribution in [0.5, 0.6) is 17.2 Å². The Morgan fingerprint density at radius 2 is 1.69 bits per heavy atom. The monoisotopic (exact) mass is 443 g/mol. The third-order valence-corrected chi connectivity index (χ3v) is 4.68. The van der Waals surface area contributed by atoms with Gasteiger partial charge >= 0.3 is 12.2 Å². The summed E-state index contributed by atoms with van der Waals surface area (Å²) in [6.45, 7) is 0.435. The van der Waals surface area contributed by atoms with Crippen molar-refractivity contribution in [2.45, 2.75) is 12.7 Å². The number of amides is 3. The Morgan fingerprint density at radius 3 is 2.41 bits per heavy atom. The zero-order valence-electron chi connectivity index (χ0n) is 16.3. The molecule has 0 radical (unpaired) electrons. The molecule has 4 rings (SSSR count). The number of carbonyl (C=O) groups is 2. The minimum Gasteiger partial charge on any atom is -0.506 e. The van der Waals surface area contributed by atoms with Crippen molar-refractivity contribution in [2.24, 2.45) is 0 Å². The second kappa shape index (κ2) is 8.14. The van der Waals surface area contributed by atoms with E-state index in [9.17, 15) is 27.9 Å². The zero-order valence-corrected chi connectivity index (χ0v) is 16.3. The van der Waals surface area contributed by atoms with Crippen molar-refractivity contribution in [2.75, 3.05) is 10.6 Å². The fraction of sp³-hybridized carbons (Fsp3) is 0.0909. The predicted molar refractivity (Wildman–Crippen MR) is 110 cm³/mol. The van der Waals surface area contributed by atoms with Gasteiger partial charge in [-0.15, -0.1) is 0 Å². The highest BCUT2D eigenvalue weighted by atomic mass is 19.4. The molecule has 32 heavy (non-hydrogen) atoms. The number of alkyl halides is 3. The highest BCUT2D eigenvalue weighted by molar-refractivity contribution is 6.00. The second-order valence-corrected chi connectivity index (χ2v) is 6.94. The SMILES string of the molecule is O=C(Nc1ccc(Oc2ccc3c(c2)CNC3=O)cc1)Nc1cc(C(F)(F)F)ccc1O. The minimum absolute atomic E-state index is 0.126. The molecule has 3 amide bonds.